The summed E-state index contributed by atoms with van der Waals surface area (Å²) in [6.45, 7) is 0.654. The highest BCUT2D eigenvalue weighted by molar-refractivity contribution is 6.19. The Morgan fingerprint density at radius 3 is 2.28 bits per heavy atom. The third-order valence-corrected chi connectivity index (χ3v) is 16.3. The van der Waals surface area contributed by atoms with Crippen LogP contribution in [0.5, 0.6) is 5.75 Å². The van der Waals surface area contributed by atoms with Crippen LogP contribution in [0.2, 0.25) is 0 Å². The van der Waals surface area contributed by atoms with Gasteiger partial charge in [0.15, 0.2) is 0 Å². The Morgan fingerprint density at radius 1 is 0.754 bits per heavy atom. The van der Waals surface area contributed by atoms with E-state index in [1.807, 2.05) is 103 Å². The first kappa shape index (κ1) is 42.7. The average Bonchev–Trinajstić information content (AvgIpc) is 4.16. The van der Waals surface area contributed by atoms with Gasteiger partial charge in [-0.25, -0.2) is 4.79 Å². The fourth-order valence-corrected chi connectivity index (χ4v) is 13.1. The van der Waals surface area contributed by atoms with E-state index >= 15 is 0 Å². The van der Waals surface area contributed by atoms with E-state index in [0.717, 1.165) is 106 Å². The highest BCUT2D eigenvalue weighted by Crippen LogP contribution is 2.64. The van der Waals surface area contributed by atoms with Gasteiger partial charge in [0.2, 0.25) is 11.6 Å². The highest BCUT2D eigenvalue weighted by Gasteiger charge is 2.67. The first-order valence-electron chi connectivity index (χ1n) is 24.4. The number of nitrogens with one attached hydrogen (secondary N) is 4. The van der Waals surface area contributed by atoms with Gasteiger partial charge in [0.05, 0.1) is 5.69 Å². The summed E-state index contributed by atoms with van der Waals surface area (Å²) in [5.41, 5.74) is 6.39. The van der Waals surface area contributed by atoms with E-state index in [9.17, 15) is 14.4 Å². The number of H-pyrrole nitrogens is 2. The number of anilines is 3. The van der Waals surface area contributed by atoms with Gasteiger partial charge < -0.3 is 34.4 Å². The van der Waals surface area contributed by atoms with Crippen LogP contribution in [0, 0.1) is 23.7 Å². The van der Waals surface area contributed by atoms with Crippen molar-refractivity contribution in [2.24, 2.45) is 23.7 Å². The maximum absolute atomic E-state index is 14.5. The molecule has 5 saturated carbocycles. The lowest BCUT2D eigenvalue weighted by atomic mass is 9.53. The summed E-state index contributed by atoms with van der Waals surface area (Å²) in [6, 6.07) is 34.4. The molecule has 14 rings (SSSR count). The maximum atomic E-state index is 14.5. The minimum absolute atomic E-state index is 0.0940. The van der Waals surface area contributed by atoms with E-state index in [-0.39, 0.29) is 30.4 Å². The maximum Gasteiger partial charge on any atom is 0.411 e. The molecule has 2 aliphatic heterocycles. The summed E-state index contributed by atoms with van der Waals surface area (Å²) in [6.07, 6.45) is 7.78. The average molecular weight is 947 g/mol. The number of carbonyl (C=O) groups excluding carboxylic acids is 3. The summed E-state index contributed by atoms with van der Waals surface area (Å²) < 4.78 is 19.4. The summed E-state index contributed by atoms with van der Waals surface area (Å²) in [5, 5.41) is 9.53. The smallest absolute Gasteiger partial charge is 0.411 e. The van der Waals surface area contributed by atoms with Gasteiger partial charge >= 0.3 is 6.09 Å². The summed E-state index contributed by atoms with van der Waals surface area (Å²) in [4.78, 5) is 61.5. The monoisotopic (exact) mass is 945 g/mol. The van der Waals surface area contributed by atoms with Gasteiger partial charge in [0.1, 0.15) is 29.8 Å². The fraction of sp³-hybridized carbons (Fsp3) is 0.364. The van der Waals surface area contributed by atoms with E-state index < -0.39 is 17.7 Å². The second-order valence-electron chi connectivity index (χ2n) is 20.3. The number of fused-ring (bicyclic) bond motifs is 5. The molecule has 6 fully saturated rings. The number of ether oxygens (including phenoxy) is 3. The van der Waals surface area contributed by atoms with Crippen LogP contribution >= 0.6 is 11.6 Å². The predicted molar refractivity (Wildman–Crippen MR) is 263 cm³/mol. The van der Waals surface area contributed by atoms with Crippen LogP contribution in [-0.4, -0.2) is 58.0 Å². The van der Waals surface area contributed by atoms with Gasteiger partial charge in [-0.2, -0.15) is 9.78 Å². The van der Waals surface area contributed by atoms with Crippen molar-refractivity contribution < 1.29 is 38.4 Å². The molecular formula is C55H52ClN5O8. The van der Waals surface area contributed by atoms with Crippen molar-refractivity contribution in [1.29, 1.82) is 0 Å². The minimum atomic E-state index is -0.880. The van der Waals surface area contributed by atoms with E-state index in [4.69, 9.17) is 35.6 Å². The zero-order valence-electron chi connectivity index (χ0n) is 37.9. The number of amides is 3. The summed E-state index contributed by atoms with van der Waals surface area (Å²) in [5.74, 6) is 1.20. The molecule has 2 spiro atoms. The lowest BCUT2D eigenvalue weighted by Crippen LogP contribution is -2.59. The Balaban J connectivity index is 0.670. The molecule has 4 bridgehead atoms. The Bertz CT molecular complexity index is 3120. The second kappa shape index (κ2) is 16.6. The number of para-hydroxylation sites is 1. The summed E-state index contributed by atoms with van der Waals surface area (Å²) >= 11 is 6.63. The topological polar surface area (TPSA) is 156 Å². The van der Waals surface area contributed by atoms with Crippen LogP contribution in [0.15, 0.2) is 109 Å². The van der Waals surface area contributed by atoms with Gasteiger partial charge in [-0.1, -0.05) is 54.6 Å². The van der Waals surface area contributed by atoms with Crippen LogP contribution in [0.3, 0.4) is 0 Å². The van der Waals surface area contributed by atoms with Gasteiger partial charge in [0, 0.05) is 87.7 Å². The summed E-state index contributed by atoms with van der Waals surface area (Å²) in [7, 11) is 0. The Morgan fingerprint density at radius 2 is 1.48 bits per heavy atom. The third kappa shape index (κ3) is 7.52. The molecule has 1 saturated heterocycles. The predicted octanol–water partition coefficient (Wildman–Crippen LogP) is 11.9. The molecule has 5 aromatic carbocycles. The van der Waals surface area contributed by atoms with Crippen molar-refractivity contribution in [2.75, 3.05) is 28.0 Å². The number of benzene rings is 5. The molecular weight excluding hydrogens is 894 g/mol. The first-order chi connectivity index (χ1) is 33.7. The van der Waals surface area contributed by atoms with Gasteiger partial charge in [0.25, 0.3) is 11.8 Å². The number of alkyl halides is 1. The molecule has 4 heterocycles. The van der Waals surface area contributed by atoms with Gasteiger partial charge in [-0.05, 0) is 122 Å². The Kier molecular flexibility index (Phi) is 10.3. The molecule has 5 aliphatic carbocycles. The standard InChI is InChI=1S/C55H52ClN5O8/c56-28-36-29-61(52(63)47-25-35-23-40(15-16-45(35)60-47)57-51(62)46-24-34-6-1-4-10-44(34)59-46)48-26-49(42-8-2-3-9-43(42)50(36)48)65-30-31-11-13-39(14-12-31)58-53(64)66-41-7-5-17-54(27-41)67-55(69-68-54)37-19-32-18-33(21-37)22-38(55)20-32/h1-4,6,8-16,23-26,32-33,36-38,41,59-60H,5,7,17-22,27-30H2,(H,57,62)(H,58,64)/t32?,33?,36?,37-,38?,41?,54-,55+/m1/s1. The number of aromatic nitrogens is 2. The van der Waals surface area contributed by atoms with Crippen molar-refractivity contribution in [3.05, 3.63) is 132 Å². The normalized spacial score (nSPS) is 27.7. The van der Waals surface area contributed by atoms with E-state index in [1.54, 1.807) is 4.90 Å². The quantitative estimate of drug-likeness (QED) is 0.0823. The molecule has 352 valence electrons. The van der Waals surface area contributed by atoms with Gasteiger partial charge in [-0.3, -0.25) is 14.9 Å². The number of carbonyl (C=O) groups is 3. The second-order valence-corrected chi connectivity index (χ2v) is 20.6. The number of nitrogens with zero attached hydrogens (tertiary/aromatic N) is 1. The molecule has 4 N–H and O–H groups in total. The zero-order chi connectivity index (χ0) is 46.4. The largest absolute Gasteiger partial charge is 0.488 e. The third-order valence-electron chi connectivity index (χ3n) is 15.9. The van der Waals surface area contributed by atoms with Crippen molar-refractivity contribution in [3.8, 4) is 5.75 Å². The molecule has 3 atom stereocenters. The number of hydrogen-bond donors (Lipinski definition) is 4. The Hall–Kier alpha value is -6.38. The van der Waals surface area contributed by atoms with Crippen LogP contribution in [-0.2, 0) is 25.9 Å². The molecule has 7 aliphatic rings. The lowest BCUT2D eigenvalue weighted by molar-refractivity contribution is -0.390. The van der Waals surface area contributed by atoms with E-state index in [2.05, 4.69) is 26.7 Å². The van der Waals surface area contributed by atoms with Crippen LogP contribution < -0.4 is 20.3 Å². The molecule has 13 nitrogen and oxygen atoms in total. The number of hydrogen-bond acceptors (Lipinski definition) is 8. The SMILES string of the molecule is O=C(Nc1ccc(COc2cc3c(c4ccccc24)C(CCl)CN3C(=O)c2cc3cc(NC(=O)c4cc5ccccc5[nH]4)ccc3[nH]2)cc1)OC1CCC[C@]2(C1)OO[C@]1(O2)C2CC3CC(C2)C[C@@H]1C3. The fourth-order valence-electron chi connectivity index (χ4n) is 12.9. The van der Waals surface area contributed by atoms with E-state index in [0.29, 0.717) is 59.2 Å². The molecule has 69 heavy (non-hydrogen) atoms. The first-order valence-corrected chi connectivity index (χ1v) is 24.9. The van der Waals surface area contributed by atoms with Crippen molar-refractivity contribution in [1.82, 2.24) is 9.97 Å². The molecule has 2 unspecified atom stereocenters. The number of rotatable bonds is 9. The molecule has 0 radical (unpaired) electrons. The van der Waals surface area contributed by atoms with Crippen molar-refractivity contribution >= 4 is 79.1 Å². The minimum Gasteiger partial charge on any atom is -0.488 e. The highest BCUT2D eigenvalue weighted by atomic mass is 35.5. The number of halogens is 1. The zero-order valence-corrected chi connectivity index (χ0v) is 38.7. The van der Waals surface area contributed by atoms with Gasteiger partial charge in [-0.15, -0.1) is 11.6 Å². The van der Waals surface area contributed by atoms with Crippen LogP contribution in [0.25, 0.3) is 32.6 Å². The van der Waals surface area contributed by atoms with Crippen LogP contribution in [0.1, 0.15) is 95.8 Å². The molecule has 14 heteroatoms. The lowest BCUT2D eigenvalue weighted by Gasteiger charge is -2.57. The van der Waals surface area contributed by atoms with Crippen molar-refractivity contribution in [2.45, 2.75) is 88.0 Å². The van der Waals surface area contributed by atoms with Crippen molar-refractivity contribution in [3.63, 3.8) is 0 Å². The van der Waals surface area contributed by atoms with E-state index in [1.165, 1.54) is 6.42 Å². The van der Waals surface area contributed by atoms with Crippen LogP contribution in [0.4, 0.5) is 21.9 Å². The Labute approximate surface area is 403 Å². The number of aromatic amines is 2. The molecule has 3 amide bonds. The molecule has 7 aromatic rings. The molecule has 2 aromatic heterocycles.